The lowest BCUT2D eigenvalue weighted by Gasteiger charge is -2.11. The summed E-state index contributed by atoms with van der Waals surface area (Å²) in [4.78, 5) is 40.8. The van der Waals surface area contributed by atoms with Crippen molar-refractivity contribution in [2.75, 3.05) is 18.5 Å². The SMILES string of the molecule is CCOC(=O)c1ccccc1NC(=O)c1cncc(C(=O)NCCC(C)C)c1. The number of carbonyl (C=O) groups excluding carboxylic acids is 3. The molecule has 2 N–H and O–H groups in total. The van der Waals surface area contributed by atoms with Crippen LogP contribution in [0.2, 0.25) is 0 Å². The van der Waals surface area contributed by atoms with Crippen LogP contribution in [0.4, 0.5) is 5.69 Å². The largest absolute Gasteiger partial charge is 0.462 e. The third kappa shape index (κ3) is 5.90. The zero-order valence-electron chi connectivity index (χ0n) is 16.3. The van der Waals surface area contributed by atoms with Crippen LogP contribution in [0.15, 0.2) is 42.7 Å². The number of nitrogens with zero attached hydrogens (tertiary/aromatic N) is 1. The lowest BCUT2D eigenvalue weighted by Crippen LogP contribution is -2.26. The van der Waals surface area contributed by atoms with Crippen LogP contribution in [0.3, 0.4) is 0 Å². The number of benzene rings is 1. The number of anilines is 1. The average Bonchev–Trinajstić information content (AvgIpc) is 2.68. The number of carbonyl (C=O) groups is 3. The molecule has 0 bridgehead atoms. The fourth-order valence-electron chi connectivity index (χ4n) is 2.44. The van der Waals surface area contributed by atoms with Gasteiger partial charge in [-0.25, -0.2) is 4.79 Å². The van der Waals surface area contributed by atoms with Crippen LogP contribution in [0.25, 0.3) is 0 Å². The maximum absolute atomic E-state index is 12.6. The summed E-state index contributed by atoms with van der Waals surface area (Å²) in [6, 6.07) is 8.05. The molecule has 2 aromatic rings. The highest BCUT2D eigenvalue weighted by molar-refractivity contribution is 6.08. The summed E-state index contributed by atoms with van der Waals surface area (Å²) in [6.45, 7) is 6.65. The number of nitrogens with one attached hydrogen (secondary N) is 2. The molecular weight excluding hydrogens is 358 g/mol. The van der Waals surface area contributed by atoms with Crippen LogP contribution < -0.4 is 10.6 Å². The van der Waals surface area contributed by atoms with Gasteiger partial charge in [0.2, 0.25) is 0 Å². The number of hydrogen-bond acceptors (Lipinski definition) is 5. The molecule has 0 radical (unpaired) electrons. The lowest BCUT2D eigenvalue weighted by atomic mass is 10.1. The average molecular weight is 383 g/mol. The number of aromatic nitrogens is 1. The van der Waals surface area contributed by atoms with Crippen molar-refractivity contribution in [1.82, 2.24) is 10.3 Å². The molecule has 1 heterocycles. The monoisotopic (exact) mass is 383 g/mol. The van der Waals surface area contributed by atoms with E-state index in [2.05, 4.69) is 29.5 Å². The smallest absolute Gasteiger partial charge is 0.340 e. The van der Waals surface area contributed by atoms with Gasteiger partial charge in [0.05, 0.1) is 29.0 Å². The first-order valence-corrected chi connectivity index (χ1v) is 9.23. The summed E-state index contributed by atoms with van der Waals surface area (Å²) in [5.74, 6) is -0.791. The zero-order valence-corrected chi connectivity index (χ0v) is 16.3. The minimum absolute atomic E-state index is 0.218. The van der Waals surface area contributed by atoms with Gasteiger partial charge in [-0.1, -0.05) is 26.0 Å². The van der Waals surface area contributed by atoms with Crippen molar-refractivity contribution in [3.05, 3.63) is 59.4 Å². The molecule has 7 heteroatoms. The van der Waals surface area contributed by atoms with Crippen LogP contribution >= 0.6 is 0 Å². The number of amides is 2. The first-order valence-electron chi connectivity index (χ1n) is 9.23. The van der Waals surface area contributed by atoms with E-state index in [0.717, 1.165) is 6.42 Å². The van der Waals surface area contributed by atoms with E-state index in [1.54, 1.807) is 31.2 Å². The van der Waals surface area contributed by atoms with E-state index in [1.165, 1.54) is 18.5 Å². The molecule has 148 valence electrons. The van der Waals surface area contributed by atoms with Gasteiger partial charge in [0.15, 0.2) is 0 Å². The van der Waals surface area contributed by atoms with Crippen LogP contribution in [0.1, 0.15) is 58.3 Å². The molecule has 1 aromatic heterocycles. The van der Waals surface area contributed by atoms with Gasteiger partial charge in [0, 0.05) is 18.9 Å². The van der Waals surface area contributed by atoms with Crippen molar-refractivity contribution < 1.29 is 19.1 Å². The molecule has 0 saturated heterocycles. The molecular formula is C21H25N3O4. The number of para-hydroxylation sites is 1. The van der Waals surface area contributed by atoms with Crippen molar-refractivity contribution in [3.8, 4) is 0 Å². The standard InChI is InChI=1S/C21H25N3O4/c1-4-28-21(27)17-7-5-6-8-18(17)24-20(26)16-11-15(12-22-13-16)19(25)23-10-9-14(2)3/h5-8,11-14H,4,9-10H2,1-3H3,(H,23,25)(H,24,26). The maximum atomic E-state index is 12.6. The first kappa shape index (κ1) is 21.1. The van der Waals surface area contributed by atoms with E-state index in [4.69, 9.17) is 4.74 Å². The Kier molecular flexibility index (Phi) is 7.68. The van der Waals surface area contributed by atoms with Gasteiger partial charge in [-0.15, -0.1) is 0 Å². The summed E-state index contributed by atoms with van der Waals surface area (Å²) < 4.78 is 5.01. The highest BCUT2D eigenvalue weighted by Crippen LogP contribution is 2.17. The van der Waals surface area contributed by atoms with Gasteiger partial charge < -0.3 is 15.4 Å². The van der Waals surface area contributed by atoms with E-state index < -0.39 is 11.9 Å². The van der Waals surface area contributed by atoms with Gasteiger partial charge in [0.25, 0.3) is 11.8 Å². The Morgan fingerprint density at radius 3 is 2.43 bits per heavy atom. The van der Waals surface area contributed by atoms with Gasteiger partial charge in [-0.3, -0.25) is 14.6 Å². The molecule has 0 aliphatic carbocycles. The molecule has 0 fully saturated rings. The second kappa shape index (κ2) is 10.2. The lowest BCUT2D eigenvalue weighted by molar-refractivity contribution is 0.0527. The summed E-state index contributed by atoms with van der Waals surface area (Å²) in [7, 11) is 0. The van der Waals surface area contributed by atoms with Crippen LogP contribution in [0.5, 0.6) is 0 Å². The Bertz CT molecular complexity index is 849. The normalized spacial score (nSPS) is 10.4. The molecule has 28 heavy (non-hydrogen) atoms. The van der Waals surface area contributed by atoms with E-state index in [1.807, 2.05) is 0 Å². The van der Waals surface area contributed by atoms with E-state index in [-0.39, 0.29) is 23.6 Å². The third-order valence-corrected chi connectivity index (χ3v) is 3.94. The Balaban J connectivity index is 2.12. The van der Waals surface area contributed by atoms with E-state index >= 15 is 0 Å². The van der Waals surface area contributed by atoms with Gasteiger partial charge >= 0.3 is 5.97 Å². The molecule has 0 aliphatic heterocycles. The predicted octanol–water partition coefficient (Wildman–Crippen LogP) is 3.29. The molecule has 2 rings (SSSR count). The molecule has 0 unspecified atom stereocenters. The number of pyridine rings is 1. The third-order valence-electron chi connectivity index (χ3n) is 3.94. The molecule has 2 amide bonds. The van der Waals surface area contributed by atoms with Crippen molar-refractivity contribution in [2.45, 2.75) is 27.2 Å². The maximum Gasteiger partial charge on any atom is 0.340 e. The highest BCUT2D eigenvalue weighted by Gasteiger charge is 2.16. The fourth-order valence-corrected chi connectivity index (χ4v) is 2.44. The Morgan fingerprint density at radius 2 is 1.75 bits per heavy atom. The van der Waals surface area contributed by atoms with Crippen LogP contribution in [-0.2, 0) is 4.74 Å². The Labute approximate surface area is 164 Å². The number of hydrogen-bond donors (Lipinski definition) is 2. The van der Waals surface area contributed by atoms with E-state index in [9.17, 15) is 14.4 Å². The molecule has 0 atom stereocenters. The van der Waals surface area contributed by atoms with Crippen molar-refractivity contribution >= 4 is 23.5 Å². The summed E-state index contributed by atoms with van der Waals surface area (Å²) in [5, 5.41) is 5.49. The van der Waals surface area contributed by atoms with Crippen molar-refractivity contribution in [1.29, 1.82) is 0 Å². The minimum atomic E-state index is -0.519. The molecule has 0 aliphatic rings. The van der Waals surface area contributed by atoms with Gasteiger partial charge in [-0.05, 0) is 37.5 Å². The second-order valence-corrected chi connectivity index (χ2v) is 6.62. The van der Waals surface area contributed by atoms with Crippen molar-refractivity contribution in [2.24, 2.45) is 5.92 Å². The number of esters is 1. The van der Waals surface area contributed by atoms with Gasteiger partial charge in [-0.2, -0.15) is 0 Å². The minimum Gasteiger partial charge on any atom is -0.462 e. The Hall–Kier alpha value is -3.22. The van der Waals surface area contributed by atoms with Crippen LogP contribution in [0, 0.1) is 5.92 Å². The second-order valence-electron chi connectivity index (χ2n) is 6.62. The van der Waals surface area contributed by atoms with Crippen LogP contribution in [-0.4, -0.2) is 35.9 Å². The molecule has 7 nitrogen and oxygen atoms in total. The topological polar surface area (TPSA) is 97.4 Å². The predicted molar refractivity (Wildman–Crippen MR) is 106 cm³/mol. The first-order chi connectivity index (χ1) is 13.4. The van der Waals surface area contributed by atoms with Crippen molar-refractivity contribution in [3.63, 3.8) is 0 Å². The number of rotatable bonds is 8. The fraction of sp³-hybridized carbons (Fsp3) is 0.333. The quantitative estimate of drug-likeness (QED) is 0.682. The summed E-state index contributed by atoms with van der Waals surface area (Å²) in [6.07, 6.45) is 3.64. The number of ether oxygens (including phenoxy) is 1. The molecule has 1 aromatic carbocycles. The Morgan fingerprint density at radius 1 is 1.07 bits per heavy atom. The zero-order chi connectivity index (χ0) is 20.5. The molecule has 0 spiro atoms. The molecule has 0 saturated carbocycles. The van der Waals surface area contributed by atoms with Gasteiger partial charge in [0.1, 0.15) is 0 Å². The summed E-state index contributed by atoms with van der Waals surface area (Å²) in [5.41, 5.74) is 1.11. The van der Waals surface area contributed by atoms with E-state index in [0.29, 0.717) is 23.7 Å². The summed E-state index contributed by atoms with van der Waals surface area (Å²) >= 11 is 0. The highest BCUT2D eigenvalue weighted by atomic mass is 16.5.